The molecule has 92 valence electrons. The maximum atomic E-state index is 13.4. The second-order valence-electron chi connectivity index (χ2n) is 3.83. The van der Waals surface area contributed by atoms with E-state index in [0.717, 1.165) is 25.0 Å². The maximum Gasteiger partial charge on any atom is 0.150 e. The highest BCUT2D eigenvalue weighted by Crippen LogP contribution is 2.26. The molecule has 1 heterocycles. The molecular formula is C12H12ClF2NO. The summed E-state index contributed by atoms with van der Waals surface area (Å²) in [5, 5.41) is 2.88. The number of hydrogen-bond donors (Lipinski definition) is 1. The largest absolute Gasteiger partial charge is 0.497 e. The molecule has 0 saturated heterocycles. The lowest BCUT2D eigenvalue weighted by Gasteiger charge is -2.20. The molecule has 0 fully saturated rings. The predicted octanol–water partition coefficient (Wildman–Crippen LogP) is 3.72. The molecule has 1 aromatic carbocycles. The zero-order chi connectivity index (χ0) is 12.3. The smallest absolute Gasteiger partial charge is 0.150 e. The summed E-state index contributed by atoms with van der Waals surface area (Å²) in [6.45, 7) is 0.437. The Hall–Kier alpha value is -1.29. The third-order valence-electron chi connectivity index (χ3n) is 2.54. The molecule has 1 atom stereocenters. The van der Waals surface area contributed by atoms with Gasteiger partial charge in [-0.2, -0.15) is 0 Å². The van der Waals surface area contributed by atoms with Crippen LogP contribution in [0.15, 0.2) is 24.5 Å². The van der Waals surface area contributed by atoms with Crippen LogP contribution in [0.25, 0.3) is 0 Å². The van der Waals surface area contributed by atoms with E-state index in [1.807, 2.05) is 6.08 Å². The van der Waals surface area contributed by atoms with Gasteiger partial charge in [0.05, 0.1) is 23.5 Å². The number of allylic oxidation sites excluding steroid dienone is 1. The lowest BCUT2D eigenvalue weighted by Crippen LogP contribution is -2.23. The summed E-state index contributed by atoms with van der Waals surface area (Å²) in [5.74, 6) is -1.38. The summed E-state index contributed by atoms with van der Waals surface area (Å²) in [4.78, 5) is 0. The molecular weight excluding hydrogens is 248 g/mol. The summed E-state index contributed by atoms with van der Waals surface area (Å²) in [5.41, 5.74) is 0.117. The zero-order valence-corrected chi connectivity index (χ0v) is 9.81. The van der Waals surface area contributed by atoms with Gasteiger partial charge in [0.2, 0.25) is 0 Å². The quantitative estimate of drug-likeness (QED) is 0.893. The number of hydrogen-bond acceptors (Lipinski definition) is 2. The van der Waals surface area contributed by atoms with Crippen LogP contribution in [0.4, 0.5) is 14.5 Å². The third-order valence-corrected chi connectivity index (χ3v) is 2.83. The molecule has 0 radical (unpaired) electrons. The highest BCUT2D eigenvalue weighted by atomic mass is 35.5. The Kier molecular flexibility index (Phi) is 3.84. The van der Waals surface area contributed by atoms with Crippen LogP contribution in [0, 0.1) is 11.6 Å². The lowest BCUT2D eigenvalue weighted by molar-refractivity contribution is 0.135. The fraction of sp³-hybridized carbons (Fsp3) is 0.333. The van der Waals surface area contributed by atoms with E-state index in [9.17, 15) is 8.78 Å². The first-order valence-electron chi connectivity index (χ1n) is 5.35. The first-order valence-corrected chi connectivity index (χ1v) is 5.73. The van der Waals surface area contributed by atoms with Crippen molar-refractivity contribution in [1.29, 1.82) is 0 Å². The SMILES string of the molecule is Fc1cc(F)c(NCC2CCC=CO2)c(Cl)c1. The van der Waals surface area contributed by atoms with E-state index in [-0.39, 0.29) is 16.8 Å². The highest BCUT2D eigenvalue weighted by molar-refractivity contribution is 6.33. The van der Waals surface area contributed by atoms with Crippen LogP contribution in [0.3, 0.4) is 0 Å². The van der Waals surface area contributed by atoms with Crippen molar-refractivity contribution < 1.29 is 13.5 Å². The summed E-state index contributed by atoms with van der Waals surface area (Å²) >= 11 is 5.76. The van der Waals surface area contributed by atoms with Crippen molar-refractivity contribution >= 4 is 17.3 Å². The standard InChI is InChI=1S/C12H12ClF2NO/c13-10-5-8(14)6-11(15)12(10)16-7-9-3-1-2-4-17-9/h2,4-6,9,16H,1,3,7H2. The minimum atomic E-state index is -0.693. The maximum absolute atomic E-state index is 13.4. The van der Waals surface area contributed by atoms with Gasteiger partial charge in [-0.1, -0.05) is 11.6 Å². The number of ether oxygens (including phenoxy) is 1. The fourth-order valence-corrected chi connectivity index (χ4v) is 1.92. The molecule has 1 aromatic rings. The van der Waals surface area contributed by atoms with Gasteiger partial charge in [0, 0.05) is 6.07 Å². The van der Waals surface area contributed by atoms with Gasteiger partial charge >= 0.3 is 0 Å². The second kappa shape index (κ2) is 5.36. The van der Waals surface area contributed by atoms with Gasteiger partial charge in [-0.15, -0.1) is 0 Å². The average molecular weight is 260 g/mol. The molecule has 17 heavy (non-hydrogen) atoms. The fourth-order valence-electron chi connectivity index (χ4n) is 1.66. The van der Waals surface area contributed by atoms with Crippen LogP contribution in [0.1, 0.15) is 12.8 Å². The molecule has 1 aliphatic rings. The van der Waals surface area contributed by atoms with Crippen molar-refractivity contribution in [2.45, 2.75) is 18.9 Å². The van der Waals surface area contributed by atoms with Gasteiger partial charge in [0.25, 0.3) is 0 Å². The summed E-state index contributed by atoms with van der Waals surface area (Å²) < 4.78 is 31.6. The summed E-state index contributed by atoms with van der Waals surface area (Å²) in [6.07, 6.45) is 5.36. The Labute approximate surface area is 103 Å². The molecule has 0 aliphatic carbocycles. The second-order valence-corrected chi connectivity index (χ2v) is 4.24. The summed E-state index contributed by atoms with van der Waals surface area (Å²) in [7, 11) is 0. The highest BCUT2D eigenvalue weighted by Gasteiger charge is 2.14. The van der Waals surface area contributed by atoms with E-state index in [0.29, 0.717) is 6.54 Å². The Morgan fingerprint density at radius 2 is 2.24 bits per heavy atom. The number of anilines is 1. The van der Waals surface area contributed by atoms with E-state index in [1.165, 1.54) is 0 Å². The first-order chi connectivity index (χ1) is 8.16. The minimum absolute atomic E-state index is 0.0134. The van der Waals surface area contributed by atoms with E-state index in [2.05, 4.69) is 5.32 Å². The van der Waals surface area contributed by atoms with Crippen molar-refractivity contribution in [3.8, 4) is 0 Å². The van der Waals surface area contributed by atoms with Gasteiger partial charge < -0.3 is 10.1 Å². The number of rotatable bonds is 3. The molecule has 1 N–H and O–H groups in total. The molecule has 1 aliphatic heterocycles. The molecule has 5 heteroatoms. The Bertz CT molecular complexity index is 414. The molecule has 0 spiro atoms. The lowest BCUT2D eigenvalue weighted by atomic mass is 10.1. The summed E-state index contributed by atoms with van der Waals surface area (Å²) in [6, 6.07) is 1.88. The first kappa shape index (κ1) is 12.2. The normalized spacial score (nSPS) is 18.9. The molecule has 2 nitrogen and oxygen atoms in total. The Morgan fingerprint density at radius 3 is 2.88 bits per heavy atom. The van der Waals surface area contributed by atoms with Crippen molar-refractivity contribution in [2.24, 2.45) is 0 Å². The van der Waals surface area contributed by atoms with Gasteiger partial charge in [0.15, 0.2) is 5.82 Å². The van der Waals surface area contributed by atoms with Gasteiger partial charge in [-0.05, 0) is 25.0 Å². The Balaban J connectivity index is 2.01. The monoisotopic (exact) mass is 259 g/mol. The van der Waals surface area contributed by atoms with Crippen molar-refractivity contribution in [1.82, 2.24) is 0 Å². The van der Waals surface area contributed by atoms with Crippen molar-refractivity contribution in [3.63, 3.8) is 0 Å². The molecule has 2 rings (SSSR count). The van der Waals surface area contributed by atoms with Gasteiger partial charge in [0.1, 0.15) is 11.9 Å². The average Bonchev–Trinajstić information content (AvgIpc) is 2.29. The van der Waals surface area contributed by atoms with Crippen LogP contribution < -0.4 is 5.32 Å². The van der Waals surface area contributed by atoms with Crippen LogP contribution in [0.5, 0.6) is 0 Å². The van der Waals surface area contributed by atoms with E-state index in [1.54, 1.807) is 6.26 Å². The molecule has 0 saturated carbocycles. The third kappa shape index (κ3) is 3.09. The molecule has 0 aromatic heterocycles. The van der Waals surface area contributed by atoms with Crippen molar-refractivity contribution in [2.75, 3.05) is 11.9 Å². The Morgan fingerprint density at radius 1 is 1.41 bits per heavy atom. The van der Waals surface area contributed by atoms with E-state index >= 15 is 0 Å². The molecule has 0 amide bonds. The number of nitrogens with one attached hydrogen (secondary N) is 1. The predicted molar refractivity (Wildman–Crippen MR) is 63.1 cm³/mol. The van der Waals surface area contributed by atoms with Gasteiger partial charge in [-0.25, -0.2) is 8.78 Å². The molecule has 0 bridgehead atoms. The van der Waals surface area contributed by atoms with Crippen molar-refractivity contribution in [3.05, 3.63) is 41.1 Å². The number of benzene rings is 1. The van der Waals surface area contributed by atoms with Crippen LogP contribution in [0.2, 0.25) is 5.02 Å². The van der Waals surface area contributed by atoms with Crippen LogP contribution >= 0.6 is 11.6 Å². The molecule has 1 unspecified atom stereocenters. The van der Waals surface area contributed by atoms with Crippen LogP contribution in [-0.4, -0.2) is 12.6 Å². The van der Waals surface area contributed by atoms with Gasteiger partial charge in [-0.3, -0.25) is 0 Å². The van der Waals surface area contributed by atoms with E-state index < -0.39 is 11.6 Å². The topological polar surface area (TPSA) is 21.3 Å². The minimum Gasteiger partial charge on any atom is -0.497 e. The van der Waals surface area contributed by atoms with E-state index in [4.69, 9.17) is 16.3 Å². The zero-order valence-electron chi connectivity index (χ0n) is 9.05. The van der Waals surface area contributed by atoms with Crippen LogP contribution in [-0.2, 0) is 4.74 Å². The number of halogens is 3.